The molecular weight excluding hydrogens is 429 g/mol. The first-order chi connectivity index (χ1) is 11.7. The number of hydrogen-bond acceptors (Lipinski definition) is 3. The summed E-state index contributed by atoms with van der Waals surface area (Å²) >= 11 is 0. The van der Waals surface area contributed by atoms with Gasteiger partial charge in [-0.2, -0.15) is 0 Å². The minimum absolute atomic E-state index is 0. The standard InChI is InChI=1S/C19H33N3O2.HI/c1-4-6-17(12-14-23)15-22-19(20-5-2)21-13-11-16-7-9-18(24-3)10-8-16;/h7-10,17,23H,4-6,11-15H2,1-3H3,(H2,20,21,22);1H. The van der Waals surface area contributed by atoms with Crippen LogP contribution in [0.25, 0.3) is 0 Å². The highest BCUT2D eigenvalue weighted by molar-refractivity contribution is 14.0. The molecular formula is C19H34IN3O2. The first kappa shape index (κ1) is 24.0. The van der Waals surface area contributed by atoms with E-state index >= 15 is 0 Å². The van der Waals surface area contributed by atoms with Crippen molar-refractivity contribution in [3.63, 3.8) is 0 Å². The Morgan fingerprint density at radius 2 is 1.88 bits per heavy atom. The topological polar surface area (TPSA) is 65.9 Å². The third kappa shape index (κ3) is 10.5. The largest absolute Gasteiger partial charge is 0.497 e. The lowest BCUT2D eigenvalue weighted by Crippen LogP contribution is -2.38. The van der Waals surface area contributed by atoms with Gasteiger partial charge in [0, 0.05) is 26.2 Å². The van der Waals surface area contributed by atoms with Crippen molar-refractivity contribution in [3.8, 4) is 5.75 Å². The Morgan fingerprint density at radius 1 is 1.16 bits per heavy atom. The van der Waals surface area contributed by atoms with Crippen LogP contribution < -0.4 is 15.4 Å². The fraction of sp³-hybridized carbons (Fsp3) is 0.632. The predicted molar refractivity (Wildman–Crippen MR) is 116 cm³/mol. The van der Waals surface area contributed by atoms with E-state index in [1.54, 1.807) is 7.11 Å². The Bertz CT molecular complexity index is 460. The van der Waals surface area contributed by atoms with Crippen LogP contribution >= 0.6 is 24.0 Å². The molecule has 0 spiro atoms. The van der Waals surface area contributed by atoms with E-state index in [1.807, 2.05) is 12.1 Å². The summed E-state index contributed by atoms with van der Waals surface area (Å²) in [6.45, 7) is 6.90. The van der Waals surface area contributed by atoms with E-state index in [-0.39, 0.29) is 30.6 Å². The van der Waals surface area contributed by atoms with Crippen LogP contribution in [0.5, 0.6) is 5.75 Å². The molecule has 1 rings (SSSR count). The molecule has 3 N–H and O–H groups in total. The van der Waals surface area contributed by atoms with E-state index in [1.165, 1.54) is 5.56 Å². The molecule has 5 nitrogen and oxygen atoms in total. The van der Waals surface area contributed by atoms with Gasteiger partial charge in [0.1, 0.15) is 5.75 Å². The third-order valence-electron chi connectivity index (χ3n) is 3.95. The average Bonchev–Trinajstić information content (AvgIpc) is 2.60. The number of methoxy groups -OCH3 is 1. The molecule has 0 aliphatic rings. The van der Waals surface area contributed by atoms with Crippen molar-refractivity contribution in [1.82, 2.24) is 10.6 Å². The lowest BCUT2D eigenvalue weighted by molar-refractivity contribution is 0.253. The van der Waals surface area contributed by atoms with E-state index in [4.69, 9.17) is 9.84 Å². The smallest absolute Gasteiger partial charge is 0.191 e. The molecule has 6 heteroatoms. The molecule has 1 aromatic carbocycles. The second-order valence-corrected chi connectivity index (χ2v) is 5.91. The first-order valence-electron chi connectivity index (χ1n) is 8.99. The number of aliphatic hydroxyl groups excluding tert-OH is 1. The third-order valence-corrected chi connectivity index (χ3v) is 3.95. The Labute approximate surface area is 169 Å². The summed E-state index contributed by atoms with van der Waals surface area (Å²) in [6.07, 6.45) is 3.99. The molecule has 0 aromatic heterocycles. The molecule has 25 heavy (non-hydrogen) atoms. The van der Waals surface area contributed by atoms with Crippen molar-refractivity contribution in [3.05, 3.63) is 29.8 Å². The lowest BCUT2D eigenvalue weighted by atomic mass is 10.0. The van der Waals surface area contributed by atoms with Crippen molar-refractivity contribution in [1.29, 1.82) is 0 Å². The summed E-state index contributed by atoms with van der Waals surface area (Å²) in [5, 5.41) is 15.8. The number of nitrogens with one attached hydrogen (secondary N) is 2. The normalized spacial score (nSPS) is 12.2. The van der Waals surface area contributed by atoms with E-state index in [0.717, 1.165) is 57.0 Å². The number of aliphatic hydroxyl groups is 1. The van der Waals surface area contributed by atoms with E-state index < -0.39 is 0 Å². The van der Waals surface area contributed by atoms with Crippen molar-refractivity contribution in [2.45, 2.75) is 39.5 Å². The van der Waals surface area contributed by atoms with Gasteiger partial charge < -0.3 is 20.5 Å². The molecule has 0 aliphatic heterocycles. The summed E-state index contributed by atoms with van der Waals surface area (Å²) in [5.74, 6) is 2.19. The van der Waals surface area contributed by atoms with Crippen LogP contribution in [-0.2, 0) is 6.42 Å². The lowest BCUT2D eigenvalue weighted by Gasteiger charge is -2.15. The fourth-order valence-electron chi connectivity index (χ4n) is 2.60. The zero-order chi connectivity index (χ0) is 17.6. The van der Waals surface area contributed by atoms with Crippen molar-refractivity contribution in [2.75, 3.05) is 33.4 Å². The molecule has 0 fully saturated rings. The van der Waals surface area contributed by atoms with Crippen LogP contribution in [0.4, 0.5) is 0 Å². The quantitative estimate of drug-likeness (QED) is 0.268. The summed E-state index contributed by atoms with van der Waals surface area (Å²) in [6, 6.07) is 8.14. The Morgan fingerprint density at radius 3 is 2.44 bits per heavy atom. The number of guanidine groups is 1. The van der Waals surface area contributed by atoms with Crippen molar-refractivity contribution < 1.29 is 9.84 Å². The Balaban J connectivity index is 0.00000576. The van der Waals surface area contributed by atoms with Gasteiger partial charge in [-0.3, -0.25) is 4.99 Å². The molecule has 0 heterocycles. The highest BCUT2D eigenvalue weighted by Crippen LogP contribution is 2.12. The van der Waals surface area contributed by atoms with E-state index in [0.29, 0.717) is 5.92 Å². The average molecular weight is 463 g/mol. The number of ether oxygens (including phenoxy) is 1. The van der Waals surface area contributed by atoms with Gasteiger partial charge in [-0.1, -0.05) is 25.5 Å². The molecule has 0 aliphatic carbocycles. The first-order valence-corrected chi connectivity index (χ1v) is 8.99. The zero-order valence-corrected chi connectivity index (χ0v) is 18.1. The van der Waals surface area contributed by atoms with Crippen LogP contribution in [0, 0.1) is 5.92 Å². The van der Waals surface area contributed by atoms with Crippen LogP contribution in [0.3, 0.4) is 0 Å². The molecule has 0 radical (unpaired) electrons. The summed E-state index contributed by atoms with van der Waals surface area (Å²) in [7, 11) is 1.68. The number of benzene rings is 1. The highest BCUT2D eigenvalue weighted by Gasteiger charge is 2.07. The maximum Gasteiger partial charge on any atom is 0.191 e. The molecule has 1 aromatic rings. The molecule has 1 atom stereocenters. The highest BCUT2D eigenvalue weighted by atomic mass is 127. The predicted octanol–water partition coefficient (Wildman–Crippen LogP) is 3.21. The van der Waals surface area contributed by atoms with Gasteiger partial charge in [-0.05, 0) is 49.8 Å². The van der Waals surface area contributed by atoms with Crippen LogP contribution in [0.15, 0.2) is 29.3 Å². The Kier molecular flexibility index (Phi) is 14.6. The minimum Gasteiger partial charge on any atom is -0.497 e. The van der Waals surface area contributed by atoms with Gasteiger partial charge in [-0.15, -0.1) is 24.0 Å². The number of rotatable bonds is 11. The number of aliphatic imine (C=N–C) groups is 1. The molecule has 0 amide bonds. The number of nitrogens with zero attached hydrogens (tertiary/aromatic N) is 1. The van der Waals surface area contributed by atoms with E-state index in [2.05, 4.69) is 41.6 Å². The maximum atomic E-state index is 9.15. The van der Waals surface area contributed by atoms with Crippen molar-refractivity contribution in [2.24, 2.45) is 10.9 Å². The van der Waals surface area contributed by atoms with E-state index in [9.17, 15) is 0 Å². The molecule has 144 valence electrons. The number of hydrogen-bond donors (Lipinski definition) is 3. The maximum absolute atomic E-state index is 9.15. The fourth-order valence-corrected chi connectivity index (χ4v) is 2.60. The molecule has 0 saturated carbocycles. The van der Waals surface area contributed by atoms with Crippen LogP contribution in [-0.4, -0.2) is 44.4 Å². The van der Waals surface area contributed by atoms with Gasteiger partial charge in [0.2, 0.25) is 0 Å². The van der Waals surface area contributed by atoms with Gasteiger partial charge in [0.25, 0.3) is 0 Å². The minimum atomic E-state index is 0. The van der Waals surface area contributed by atoms with Crippen molar-refractivity contribution >= 4 is 29.9 Å². The van der Waals surface area contributed by atoms with Gasteiger partial charge >= 0.3 is 0 Å². The summed E-state index contributed by atoms with van der Waals surface area (Å²) in [5.41, 5.74) is 1.27. The second-order valence-electron chi connectivity index (χ2n) is 5.91. The van der Waals surface area contributed by atoms with Crippen LogP contribution in [0.2, 0.25) is 0 Å². The second kappa shape index (κ2) is 15.3. The van der Waals surface area contributed by atoms with Crippen LogP contribution in [0.1, 0.15) is 38.7 Å². The van der Waals surface area contributed by atoms with Gasteiger partial charge in [0.15, 0.2) is 5.96 Å². The Hall–Kier alpha value is -1.02. The molecule has 0 saturated heterocycles. The van der Waals surface area contributed by atoms with Gasteiger partial charge in [0.05, 0.1) is 7.11 Å². The monoisotopic (exact) mass is 463 g/mol. The number of halogens is 1. The molecule has 1 unspecified atom stereocenters. The summed E-state index contributed by atoms with van der Waals surface area (Å²) in [4.78, 5) is 4.67. The summed E-state index contributed by atoms with van der Waals surface area (Å²) < 4.78 is 5.18. The zero-order valence-electron chi connectivity index (χ0n) is 15.8. The van der Waals surface area contributed by atoms with Gasteiger partial charge in [-0.25, -0.2) is 0 Å². The molecule has 0 bridgehead atoms. The SMILES string of the molecule is CCCC(CCO)CN=C(NCC)NCCc1ccc(OC)cc1.I.